The van der Waals surface area contributed by atoms with E-state index in [9.17, 15) is 0 Å². The molecule has 0 unspecified atom stereocenters. The van der Waals surface area contributed by atoms with Gasteiger partial charge in [-0.25, -0.2) is 5.32 Å². The average Bonchev–Trinajstić information content (AvgIpc) is 2.66. The van der Waals surface area contributed by atoms with Crippen molar-refractivity contribution in [2.75, 3.05) is 18.4 Å². The molecule has 0 amide bonds. The Morgan fingerprint density at radius 2 is 1.88 bits per heavy atom. The van der Waals surface area contributed by atoms with Crippen LogP contribution in [-0.2, 0) is 6.54 Å². The molecule has 2 aliphatic heterocycles. The van der Waals surface area contributed by atoms with E-state index in [4.69, 9.17) is 0 Å². The SMILES string of the molecule is Cc1cc2c(c(-c3c(C)ccc4ccccc34)c1)NC1=[N+](CCCN1)C2. The molecule has 0 aliphatic carbocycles. The number of rotatable bonds is 1. The second kappa shape index (κ2) is 5.87. The number of hydrogen-bond donors (Lipinski definition) is 2. The zero-order valence-corrected chi connectivity index (χ0v) is 15.4. The molecule has 0 fully saturated rings. The minimum absolute atomic E-state index is 0.975. The molecule has 3 aromatic rings. The van der Waals surface area contributed by atoms with Crippen molar-refractivity contribution in [3.63, 3.8) is 0 Å². The van der Waals surface area contributed by atoms with Crippen molar-refractivity contribution < 1.29 is 4.58 Å². The Balaban J connectivity index is 1.76. The summed E-state index contributed by atoms with van der Waals surface area (Å²) in [6, 6.07) is 17.8. The molecule has 0 bridgehead atoms. The van der Waals surface area contributed by atoms with E-state index in [1.54, 1.807) is 0 Å². The Bertz CT molecular complexity index is 1060. The van der Waals surface area contributed by atoms with Crippen LogP contribution < -0.4 is 10.6 Å². The van der Waals surface area contributed by atoms with Gasteiger partial charge in [-0.15, -0.1) is 0 Å². The summed E-state index contributed by atoms with van der Waals surface area (Å²) in [5.41, 5.74) is 7.95. The smallest absolute Gasteiger partial charge is 0.277 e. The minimum Gasteiger partial charge on any atom is -0.277 e. The van der Waals surface area contributed by atoms with Crippen LogP contribution in [0.1, 0.15) is 23.1 Å². The lowest BCUT2D eigenvalue weighted by Crippen LogP contribution is -2.47. The van der Waals surface area contributed by atoms with Gasteiger partial charge in [0.05, 0.1) is 19.6 Å². The van der Waals surface area contributed by atoms with Gasteiger partial charge < -0.3 is 0 Å². The summed E-state index contributed by atoms with van der Waals surface area (Å²) < 4.78 is 2.42. The minimum atomic E-state index is 0.975. The number of nitrogens with zero attached hydrogens (tertiary/aromatic N) is 1. The third-order valence-corrected chi connectivity index (χ3v) is 5.59. The van der Waals surface area contributed by atoms with Gasteiger partial charge in [0.1, 0.15) is 5.69 Å². The van der Waals surface area contributed by atoms with Crippen LogP contribution in [0.25, 0.3) is 21.9 Å². The molecule has 0 spiro atoms. The van der Waals surface area contributed by atoms with Gasteiger partial charge in [-0.3, -0.25) is 9.89 Å². The van der Waals surface area contributed by atoms with Crippen LogP contribution in [0, 0.1) is 13.8 Å². The van der Waals surface area contributed by atoms with Gasteiger partial charge in [0.15, 0.2) is 0 Å². The second-order valence-electron chi connectivity index (χ2n) is 7.50. The largest absolute Gasteiger partial charge is 0.351 e. The predicted molar refractivity (Wildman–Crippen MR) is 109 cm³/mol. The van der Waals surface area contributed by atoms with Gasteiger partial charge >= 0.3 is 5.96 Å². The van der Waals surface area contributed by atoms with Crippen molar-refractivity contribution in [2.24, 2.45) is 0 Å². The quantitative estimate of drug-likeness (QED) is 0.641. The summed E-state index contributed by atoms with van der Waals surface area (Å²) in [6.07, 6.45) is 1.20. The number of aryl methyl sites for hydroxylation is 2. The fourth-order valence-electron chi connectivity index (χ4n) is 4.37. The fourth-order valence-corrected chi connectivity index (χ4v) is 4.37. The molecule has 2 heterocycles. The summed E-state index contributed by atoms with van der Waals surface area (Å²) in [5.74, 6) is 1.16. The maximum absolute atomic E-state index is 3.72. The molecular weight excluding hydrogens is 318 g/mol. The molecule has 3 aromatic carbocycles. The maximum Gasteiger partial charge on any atom is 0.351 e. The highest BCUT2D eigenvalue weighted by Gasteiger charge is 2.28. The molecular formula is C23H24N3+. The maximum atomic E-state index is 3.72. The monoisotopic (exact) mass is 342 g/mol. The standard InChI is InChI=1S/C23H23N3/c1-15-12-18-14-26-11-5-10-24-23(26)25-22(18)20(13-15)21-16(2)8-9-17-6-3-4-7-19(17)21/h3-4,6-9,12-13H,5,10-11,14H2,1-2H3,(H,24,25)/p+1. The van der Waals surface area contributed by atoms with Gasteiger partial charge in [0, 0.05) is 17.5 Å². The average molecular weight is 342 g/mol. The van der Waals surface area contributed by atoms with E-state index in [0.717, 1.165) is 25.6 Å². The molecule has 2 N–H and O–H groups in total. The number of guanidine groups is 1. The first-order valence-electron chi connectivity index (χ1n) is 9.46. The molecule has 130 valence electrons. The van der Waals surface area contributed by atoms with E-state index in [0.29, 0.717) is 0 Å². The first-order valence-corrected chi connectivity index (χ1v) is 9.46. The van der Waals surface area contributed by atoms with Gasteiger partial charge in [0.2, 0.25) is 0 Å². The number of fused-ring (bicyclic) bond motifs is 2. The summed E-state index contributed by atoms with van der Waals surface area (Å²) in [6.45, 7) is 7.56. The van der Waals surface area contributed by atoms with Crippen LogP contribution in [0.3, 0.4) is 0 Å². The van der Waals surface area contributed by atoms with Crippen LogP contribution in [0.4, 0.5) is 5.69 Å². The first-order chi connectivity index (χ1) is 12.7. The van der Waals surface area contributed by atoms with Crippen molar-refractivity contribution in [1.29, 1.82) is 0 Å². The summed E-state index contributed by atoms with van der Waals surface area (Å²) >= 11 is 0. The van der Waals surface area contributed by atoms with E-state index >= 15 is 0 Å². The van der Waals surface area contributed by atoms with Crippen molar-refractivity contribution in [1.82, 2.24) is 5.32 Å². The van der Waals surface area contributed by atoms with Gasteiger partial charge in [0.25, 0.3) is 0 Å². The molecule has 0 saturated carbocycles. The lowest BCUT2D eigenvalue weighted by atomic mass is 9.90. The third-order valence-electron chi connectivity index (χ3n) is 5.59. The predicted octanol–water partition coefficient (Wildman–Crippen LogP) is 4.41. The molecule has 0 radical (unpaired) electrons. The lowest BCUT2D eigenvalue weighted by molar-refractivity contribution is -0.550. The number of benzene rings is 3. The van der Waals surface area contributed by atoms with E-state index < -0.39 is 0 Å². The highest BCUT2D eigenvalue weighted by molar-refractivity contribution is 6.05. The van der Waals surface area contributed by atoms with Crippen molar-refractivity contribution in [2.45, 2.75) is 26.8 Å². The molecule has 0 aromatic heterocycles. The summed E-state index contributed by atoms with van der Waals surface area (Å²) in [4.78, 5) is 0. The number of hydrogen-bond acceptors (Lipinski definition) is 2. The normalized spacial score (nSPS) is 15.9. The Morgan fingerprint density at radius 1 is 1.00 bits per heavy atom. The zero-order chi connectivity index (χ0) is 17.7. The molecule has 26 heavy (non-hydrogen) atoms. The van der Waals surface area contributed by atoms with E-state index in [2.05, 4.69) is 77.6 Å². The highest BCUT2D eigenvalue weighted by Crippen LogP contribution is 2.40. The topological polar surface area (TPSA) is 27.1 Å². The second-order valence-corrected chi connectivity index (χ2v) is 7.50. The van der Waals surface area contributed by atoms with Crippen LogP contribution in [0.15, 0.2) is 48.5 Å². The van der Waals surface area contributed by atoms with E-state index in [1.165, 1.54) is 50.7 Å². The highest BCUT2D eigenvalue weighted by atomic mass is 15.3. The van der Waals surface area contributed by atoms with Gasteiger partial charge in [-0.2, -0.15) is 0 Å². The van der Waals surface area contributed by atoms with Crippen LogP contribution in [0.5, 0.6) is 0 Å². The van der Waals surface area contributed by atoms with Crippen molar-refractivity contribution in [3.8, 4) is 11.1 Å². The van der Waals surface area contributed by atoms with Crippen LogP contribution >= 0.6 is 0 Å². The molecule has 5 rings (SSSR count). The van der Waals surface area contributed by atoms with E-state index in [-0.39, 0.29) is 0 Å². The first kappa shape index (κ1) is 15.4. The number of anilines is 1. The Labute approximate surface area is 154 Å². The molecule has 2 aliphatic rings. The summed E-state index contributed by atoms with van der Waals surface area (Å²) in [7, 11) is 0. The van der Waals surface area contributed by atoms with E-state index in [1.807, 2.05) is 0 Å². The van der Waals surface area contributed by atoms with Crippen molar-refractivity contribution >= 4 is 22.4 Å². The van der Waals surface area contributed by atoms with Gasteiger partial charge in [-0.1, -0.05) is 36.4 Å². The summed E-state index contributed by atoms with van der Waals surface area (Å²) in [5, 5.41) is 9.88. The molecule has 0 saturated heterocycles. The fraction of sp³-hybridized carbons (Fsp3) is 0.261. The Hall–Kier alpha value is -2.81. The van der Waals surface area contributed by atoms with Gasteiger partial charge in [-0.05, 0) is 53.4 Å². The molecule has 0 atom stereocenters. The van der Waals surface area contributed by atoms with Crippen LogP contribution in [-0.4, -0.2) is 23.6 Å². The lowest BCUT2D eigenvalue weighted by Gasteiger charge is -2.27. The molecule has 3 heteroatoms. The Morgan fingerprint density at radius 3 is 2.81 bits per heavy atom. The third kappa shape index (κ3) is 2.38. The molecule has 3 nitrogen and oxygen atoms in total. The number of nitrogens with one attached hydrogen (secondary N) is 2. The Kier molecular flexibility index (Phi) is 3.49. The van der Waals surface area contributed by atoms with Crippen molar-refractivity contribution in [3.05, 3.63) is 65.2 Å². The zero-order valence-electron chi connectivity index (χ0n) is 15.4. The van der Waals surface area contributed by atoms with Crippen LogP contribution in [0.2, 0.25) is 0 Å².